The fourth-order valence-corrected chi connectivity index (χ4v) is 3.67. The van der Waals surface area contributed by atoms with Crippen molar-refractivity contribution in [1.82, 2.24) is 0 Å². The van der Waals surface area contributed by atoms with Crippen LogP contribution in [0.1, 0.15) is 106 Å². The predicted octanol–water partition coefficient (Wildman–Crippen LogP) is 2.80. The first kappa shape index (κ1) is 36.6. The average Bonchev–Trinajstić information content (AvgIpc) is 2.74. The van der Waals surface area contributed by atoms with Gasteiger partial charge in [0.2, 0.25) is 0 Å². The van der Waals surface area contributed by atoms with Crippen LogP contribution in [-0.2, 0) is 48.9 Å². The molecule has 0 amide bonds. The van der Waals surface area contributed by atoms with Crippen LogP contribution >= 0.6 is 0 Å². The minimum atomic E-state index is -1.24. The fourth-order valence-electron chi connectivity index (χ4n) is 2.35. The van der Waals surface area contributed by atoms with E-state index in [0.29, 0.717) is 12.8 Å². The molecule has 8 nitrogen and oxygen atoms in total. The van der Waals surface area contributed by atoms with Gasteiger partial charge in [-0.2, -0.15) is 0 Å². The molecule has 0 bridgehead atoms. The summed E-state index contributed by atoms with van der Waals surface area (Å²) >= 11 is -0.876. The summed E-state index contributed by atoms with van der Waals surface area (Å²) in [5.41, 5.74) is 0. The third-order valence-electron chi connectivity index (χ3n) is 4.56. The molecule has 0 aliphatic rings. The van der Waals surface area contributed by atoms with Gasteiger partial charge in [0.15, 0.2) is 0 Å². The van der Waals surface area contributed by atoms with Crippen molar-refractivity contribution in [1.29, 1.82) is 0 Å². The van der Waals surface area contributed by atoms with Crippen LogP contribution in [0.3, 0.4) is 0 Å². The number of hydrogen-bond acceptors (Lipinski definition) is 8. The van der Waals surface area contributed by atoms with Crippen LogP contribution in [0.25, 0.3) is 0 Å². The van der Waals surface area contributed by atoms with E-state index in [1.54, 1.807) is 0 Å². The molecule has 0 rings (SSSR count). The number of rotatable bonds is 18. The Morgan fingerprint density at radius 2 is 0.939 bits per heavy atom. The third kappa shape index (κ3) is 27.2. The Balaban J connectivity index is -0.000000409. The van der Waals surface area contributed by atoms with E-state index in [2.05, 4.69) is 13.8 Å². The molecule has 2 unspecified atom stereocenters. The van der Waals surface area contributed by atoms with Crippen LogP contribution in [-0.4, -0.2) is 36.7 Å². The number of carboxylic acids is 2. The molecule has 0 radical (unpaired) electrons. The summed E-state index contributed by atoms with van der Waals surface area (Å²) in [5.74, 6) is -4.89. The maximum absolute atomic E-state index is 10.7. The van der Waals surface area contributed by atoms with Crippen LogP contribution in [0, 0.1) is 11.8 Å². The molecule has 2 atom stereocenters. The van der Waals surface area contributed by atoms with Crippen molar-refractivity contribution in [3.8, 4) is 0 Å². The molecule has 0 spiro atoms. The number of carbonyl (C=O) groups is 4. The van der Waals surface area contributed by atoms with Crippen molar-refractivity contribution in [3.05, 3.63) is 0 Å². The second kappa shape index (κ2) is 27.3. The molecular formula is C24H44O8Zr. The van der Waals surface area contributed by atoms with Crippen LogP contribution in [0.4, 0.5) is 0 Å². The second-order valence-electron chi connectivity index (χ2n) is 7.74. The number of ketones is 2. The number of carboxylic acid groups (broad SMARTS) is 2. The quantitative estimate of drug-likeness (QED) is 0.188. The van der Waals surface area contributed by atoms with Crippen molar-refractivity contribution in [2.45, 2.75) is 106 Å². The molecule has 0 aliphatic heterocycles. The van der Waals surface area contributed by atoms with Gasteiger partial charge in [-0.15, -0.1) is 0 Å². The average molecular weight is 552 g/mol. The molecule has 0 aromatic rings. The van der Waals surface area contributed by atoms with E-state index in [1.165, 1.54) is 39.5 Å². The minimum absolute atomic E-state index is 0.307. The third-order valence-corrected chi connectivity index (χ3v) is 6.14. The van der Waals surface area contributed by atoms with Crippen molar-refractivity contribution in [2.24, 2.45) is 11.8 Å². The molecule has 9 heteroatoms. The molecule has 33 heavy (non-hydrogen) atoms. The van der Waals surface area contributed by atoms with Crippen molar-refractivity contribution >= 4 is 23.5 Å². The van der Waals surface area contributed by atoms with E-state index >= 15 is 0 Å². The zero-order valence-electron chi connectivity index (χ0n) is 21.4. The zero-order chi connectivity index (χ0) is 26.1. The molecular weight excluding hydrogens is 507 g/mol. The summed E-state index contributed by atoms with van der Waals surface area (Å²) in [6.07, 6.45) is 8.94. The molecule has 0 aliphatic carbocycles. The summed E-state index contributed by atoms with van der Waals surface area (Å²) in [5, 5.41) is 20.6. The van der Waals surface area contributed by atoms with E-state index in [4.69, 9.17) is 5.63 Å². The first-order valence-electron chi connectivity index (χ1n) is 12.0. The maximum atomic E-state index is 10.7. The van der Waals surface area contributed by atoms with Gasteiger partial charge in [0.05, 0.1) is 23.8 Å². The second-order valence-corrected chi connectivity index (χ2v) is 9.57. The van der Waals surface area contributed by atoms with Gasteiger partial charge in [-0.3, -0.25) is 9.59 Å². The van der Waals surface area contributed by atoms with Gasteiger partial charge < -0.3 is 19.8 Å². The predicted molar refractivity (Wildman–Crippen MR) is 119 cm³/mol. The number of Topliss-reactive ketones (excluding diaryl/α,β-unsaturated/α-hetero) is 2. The standard InChI is InChI=1S/2C8H14O3.2C4H9O.Zr/c2*1-3-4-5-7(6(2)9)8(10)11;2*1-2-3-4-5;/h2*7H,3-5H2,1-2H3,(H,10,11);2*2-4H2,1H3;/q;;2*-1;+4/p-2. The Hall–Kier alpha value is -0.917. The van der Waals surface area contributed by atoms with Crippen LogP contribution < -0.4 is 10.2 Å². The van der Waals surface area contributed by atoms with Gasteiger partial charge in [-0.05, 0) is 26.7 Å². The topological polar surface area (TPSA) is 133 Å². The number of unbranched alkanes of at least 4 members (excludes halogenated alkanes) is 4. The summed E-state index contributed by atoms with van der Waals surface area (Å²) in [6.45, 7) is 12.6. The van der Waals surface area contributed by atoms with E-state index in [-0.39, 0.29) is 11.6 Å². The number of aliphatic carboxylic acids is 2. The van der Waals surface area contributed by atoms with Gasteiger partial charge in [0.1, 0.15) is 11.6 Å². The molecule has 0 saturated carbocycles. The van der Waals surface area contributed by atoms with Crippen molar-refractivity contribution in [2.75, 3.05) is 13.2 Å². The first-order valence-corrected chi connectivity index (χ1v) is 14.0. The summed E-state index contributed by atoms with van der Waals surface area (Å²) in [7, 11) is 0. The number of hydrogen-bond donors (Lipinski definition) is 0. The molecule has 0 fully saturated rings. The van der Waals surface area contributed by atoms with E-state index in [9.17, 15) is 29.4 Å². The first-order chi connectivity index (χ1) is 15.6. The number of carbonyl (C=O) groups excluding carboxylic acids is 4. The van der Waals surface area contributed by atoms with Crippen LogP contribution in [0.2, 0.25) is 0 Å². The Kier molecular flexibility index (Phi) is 30.3. The molecule has 0 heterocycles. The van der Waals surface area contributed by atoms with Gasteiger partial charge >= 0.3 is 82.5 Å². The van der Waals surface area contributed by atoms with Gasteiger partial charge in [0, 0.05) is 0 Å². The van der Waals surface area contributed by atoms with Crippen LogP contribution in [0.15, 0.2) is 0 Å². The van der Waals surface area contributed by atoms with Gasteiger partial charge in [-0.25, -0.2) is 0 Å². The van der Waals surface area contributed by atoms with Crippen LogP contribution in [0.5, 0.6) is 0 Å². The normalized spacial score (nSPS) is 11.6. The SMILES string of the molecule is CCCCC(C(C)=O)C(=O)[O-].CCCCC(C(C)=O)C(=O)[O-].CCCC[O][Zr+2][O]CCCC. The fraction of sp³-hybridized carbons (Fsp3) is 0.833. The molecule has 0 N–H and O–H groups in total. The Labute approximate surface area is 213 Å². The van der Waals surface area contributed by atoms with E-state index < -0.39 is 47.9 Å². The Bertz CT molecular complexity index is 439. The summed E-state index contributed by atoms with van der Waals surface area (Å²) in [4.78, 5) is 42.0. The van der Waals surface area contributed by atoms with Gasteiger partial charge in [-0.1, -0.05) is 39.5 Å². The van der Waals surface area contributed by atoms with Crippen molar-refractivity contribution in [3.63, 3.8) is 0 Å². The van der Waals surface area contributed by atoms with Gasteiger partial charge in [0.25, 0.3) is 0 Å². The monoisotopic (exact) mass is 550 g/mol. The molecule has 0 saturated heterocycles. The Morgan fingerprint density at radius 3 is 1.15 bits per heavy atom. The summed E-state index contributed by atoms with van der Waals surface area (Å²) in [6, 6.07) is 0. The summed E-state index contributed by atoms with van der Waals surface area (Å²) < 4.78 is 10.7. The molecule has 0 aromatic carbocycles. The molecule has 192 valence electrons. The Morgan fingerprint density at radius 1 is 0.636 bits per heavy atom. The van der Waals surface area contributed by atoms with Crippen molar-refractivity contribution < 1.29 is 59.1 Å². The van der Waals surface area contributed by atoms with E-state index in [1.807, 2.05) is 13.8 Å². The zero-order valence-corrected chi connectivity index (χ0v) is 23.9. The van der Waals surface area contributed by atoms with E-state index in [0.717, 1.165) is 38.9 Å². The molecule has 0 aromatic heterocycles.